The fraction of sp³-hybridized carbons (Fsp3) is 0.462. The second-order valence-electron chi connectivity index (χ2n) is 4.00. The van der Waals surface area contributed by atoms with Crippen molar-refractivity contribution in [2.24, 2.45) is 0 Å². The Labute approximate surface area is 111 Å². The molecule has 0 aliphatic heterocycles. The van der Waals surface area contributed by atoms with E-state index in [0.29, 0.717) is 12.5 Å². The van der Waals surface area contributed by atoms with Gasteiger partial charge in [-0.25, -0.2) is 0 Å². The third-order valence-electron chi connectivity index (χ3n) is 2.68. The predicted molar refractivity (Wildman–Crippen MR) is 73.9 cm³/mol. The van der Waals surface area contributed by atoms with Crippen LogP contribution in [0.5, 0.6) is 0 Å². The molecule has 0 saturated heterocycles. The van der Waals surface area contributed by atoms with Crippen LogP contribution in [0.15, 0.2) is 28.7 Å². The second kappa shape index (κ2) is 7.45. The Hall–Kier alpha value is -0.870. The summed E-state index contributed by atoms with van der Waals surface area (Å²) in [5.41, 5.74) is 1.26. The number of carbonyl (C=O) groups excluding carboxylic acids is 1. The van der Waals surface area contributed by atoms with Crippen molar-refractivity contribution >= 4 is 21.8 Å². The molecule has 0 radical (unpaired) electrons. The average Bonchev–Trinajstić information content (AvgIpc) is 2.34. The van der Waals surface area contributed by atoms with E-state index in [0.717, 1.165) is 17.4 Å². The molecule has 0 heterocycles. The summed E-state index contributed by atoms with van der Waals surface area (Å²) in [4.78, 5) is 11.0. The third kappa shape index (κ3) is 5.33. The Morgan fingerprint density at radius 2 is 2.00 bits per heavy atom. The van der Waals surface area contributed by atoms with Gasteiger partial charge in [0, 0.05) is 24.0 Å². The van der Waals surface area contributed by atoms with E-state index in [1.807, 2.05) is 12.1 Å². The summed E-state index contributed by atoms with van der Waals surface area (Å²) >= 11 is 3.42. The van der Waals surface area contributed by atoms with Gasteiger partial charge in [-0.1, -0.05) is 28.1 Å². The van der Waals surface area contributed by atoms with Crippen LogP contribution in [-0.2, 0) is 4.79 Å². The molecule has 1 aromatic carbocycles. The molecule has 2 N–H and O–H groups in total. The summed E-state index contributed by atoms with van der Waals surface area (Å²) in [5, 5.41) is 6.02. The fourth-order valence-corrected chi connectivity index (χ4v) is 1.83. The van der Waals surface area contributed by atoms with Crippen molar-refractivity contribution in [1.29, 1.82) is 0 Å². The lowest BCUT2D eigenvalue weighted by molar-refractivity contribution is -0.120. The third-order valence-corrected chi connectivity index (χ3v) is 3.21. The van der Waals surface area contributed by atoms with E-state index in [1.54, 1.807) is 7.05 Å². The maximum absolute atomic E-state index is 11.0. The van der Waals surface area contributed by atoms with Crippen molar-refractivity contribution < 1.29 is 4.79 Å². The highest BCUT2D eigenvalue weighted by Crippen LogP contribution is 2.16. The first-order chi connectivity index (χ1) is 8.13. The number of hydrogen-bond acceptors (Lipinski definition) is 2. The van der Waals surface area contributed by atoms with Crippen LogP contribution >= 0.6 is 15.9 Å². The highest BCUT2D eigenvalue weighted by molar-refractivity contribution is 9.10. The zero-order chi connectivity index (χ0) is 12.7. The Morgan fingerprint density at radius 3 is 2.59 bits per heavy atom. The summed E-state index contributed by atoms with van der Waals surface area (Å²) in [6.07, 6.45) is 1.44. The smallest absolute Gasteiger partial charge is 0.219 e. The fourth-order valence-electron chi connectivity index (χ4n) is 1.56. The van der Waals surface area contributed by atoms with Gasteiger partial charge in [-0.3, -0.25) is 4.79 Å². The van der Waals surface area contributed by atoms with Crippen molar-refractivity contribution in [1.82, 2.24) is 10.6 Å². The molecule has 0 unspecified atom stereocenters. The van der Waals surface area contributed by atoms with Crippen LogP contribution in [0.1, 0.15) is 31.4 Å². The number of nitrogens with one attached hydrogen (secondary N) is 2. The van der Waals surface area contributed by atoms with Crippen molar-refractivity contribution in [2.45, 2.75) is 25.8 Å². The molecule has 0 saturated carbocycles. The quantitative estimate of drug-likeness (QED) is 0.793. The van der Waals surface area contributed by atoms with Crippen molar-refractivity contribution in [3.63, 3.8) is 0 Å². The van der Waals surface area contributed by atoms with Crippen LogP contribution in [0.4, 0.5) is 0 Å². The maximum atomic E-state index is 11.0. The topological polar surface area (TPSA) is 41.1 Å². The van der Waals surface area contributed by atoms with Gasteiger partial charge in [-0.05, 0) is 37.6 Å². The molecule has 17 heavy (non-hydrogen) atoms. The normalized spacial score (nSPS) is 12.2. The minimum atomic E-state index is 0.100. The number of carbonyl (C=O) groups is 1. The zero-order valence-corrected chi connectivity index (χ0v) is 11.9. The molecule has 1 rings (SSSR count). The van der Waals surface area contributed by atoms with Gasteiger partial charge in [0.2, 0.25) is 5.91 Å². The monoisotopic (exact) mass is 298 g/mol. The molecule has 94 valence electrons. The number of halogens is 1. The minimum absolute atomic E-state index is 0.100. The number of amides is 1. The van der Waals surface area contributed by atoms with Gasteiger partial charge in [-0.15, -0.1) is 0 Å². The summed E-state index contributed by atoms with van der Waals surface area (Å²) in [6, 6.07) is 8.59. The number of rotatable bonds is 6. The van der Waals surface area contributed by atoms with Crippen LogP contribution in [0.3, 0.4) is 0 Å². The predicted octanol–water partition coefficient (Wildman–Crippen LogP) is 2.63. The largest absolute Gasteiger partial charge is 0.359 e. The first-order valence-electron chi connectivity index (χ1n) is 5.83. The molecule has 1 atom stereocenters. The molecule has 0 aromatic heterocycles. The SMILES string of the molecule is CNC(=O)CCCN[C@@H](C)c1ccc(Br)cc1. The second-order valence-corrected chi connectivity index (χ2v) is 4.92. The van der Waals surface area contributed by atoms with Crippen LogP contribution in [0, 0.1) is 0 Å². The highest BCUT2D eigenvalue weighted by Gasteiger charge is 2.04. The Balaban J connectivity index is 2.27. The first-order valence-corrected chi connectivity index (χ1v) is 6.62. The van der Waals surface area contributed by atoms with Crippen LogP contribution in [0.2, 0.25) is 0 Å². The Bertz CT molecular complexity index is 351. The van der Waals surface area contributed by atoms with Gasteiger partial charge < -0.3 is 10.6 Å². The van der Waals surface area contributed by atoms with E-state index in [2.05, 4.69) is 45.6 Å². The molecule has 0 bridgehead atoms. The Morgan fingerprint density at radius 1 is 1.35 bits per heavy atom. The van der Waals surface area contributed by atoms with Crippen molar-refractivity contribution in [3.05, 3.63) is 34.3 Å². The van der Waals surface area contributed by atoms with E-state index in [1.165, 1.54) is 5.56 Å². The van der Waals surface area contributed by atoms with E-state index in [4.69, 9.17) is 0 Å². The van der Waals surface area contributed by atoms with Crippen molar-refractivity contribution in [2.75, 3.05) is 13.6 Å². The first kappa shape index (κ1) is 14.2. The Kier molecular flexibility index (Phi) is 6.22. The van der Waals surface area contributed by atoms with Crippen molar-refractivity contribution in [3.8, 4) is 0 Å². The van der Waals surface area contributed by atoms with E-state index >= 15 is 0 Å². The molecule has 0 spiro atoms. The van der Waals surface area contributed by atoms with Crippen LogP contribution in [0.25, 0.3) is 0 Å². The summed E-state index contributed by atoms with van der Waals surface area (Å²) in [7, 11) is 1.67. The molecule has 0 aliphatic rings. The zero-order valence-electron chi connectivity index (χ0n) is 10.3. The molecule has 3 nitrogen and oxygen atoms in total. The average molecular weight is 299 g/mol. The van der Waals surface area contributed by atoms with Gasteiger partial charge >= 0.3 is 0 Å². The summed E-state index contributed by atoms with van der Waals surface area (Å²) < 4.78 is 1.09. The molecule has 1 aromatic rings. The minimum Gasteiger partial charge on any atom is -0.359 e. The van der Waals surface area contributed by atoms with Gasteiger partial charge in [-0.2, -0.15) is 0 Å². The molecular weight excluding hydrogens is 280 g/mol. The van der Waals surface area contributed by atoms with Crippen LogP contribution in [-0.4, -0.2) is 19.5 Å². The molecule has 1 amide bonds. The molecule has 0 fully saturated rings. The summed E-state index contributed by atoms with van der Waals surface area (Å²) in [5.74, 6) is 0.100. The lowest BCUT2D eigenvalue weighted by Crippen LogP contribution is -2.23. The van der Waals surface area contributed by atoms with Crippen LogP contribution < -0.4 is 10.6 Å². The standard InChI is InChI=1S/C13H19BrN2O/c1-10(11-5-7-12(14)8-6-11)16-9-3-4-13(17)15-2/h5-8,10,16H,3-4,9H2,1-2H3,(H,15,17)/t10-/m0/s1. The van der Waals surface area contributed by atoms with E-state index < -0.39 is 0 Å². The van der Waals surface area contributed by atoms with Gasteiger partial charge in [0.1, 0.15) is 0 Å². The molecule has 4 heteroatoms. The molecular formula is C13H19BrN2O. The van der Waals surface area contributed by atoms with E-state index in [-0.39, 0.29) is 5.91 Å². The number of benzene rings is 1. The number of hydrogen-bond donors (Lipinski definition) is 2. The maximum Gasteiger partial charge on any atom is 0.219 e. The lowest BCUT2D eigenvalue weighted by Gasteiger charge is -2.14. The van der Waals surface area contributed by atoms with E-state index in [9.17, 15) is 4.79 Å². The molecule has 0 aliphatic carbocycles. The van der Waals surface area contributed by atoms with Gasteiger partial charge in [0.15, 0.2) is 0 Å². The van der Waals surface area contributed by atoms with Gasteiger partial charge in [0.05, 0.1) is 0 Å². The lowest BCUT2D eigenvalue weighted by atomic mass is 10.1. The highest BCUT2D eigenvalue weighted by atomic mass is 79.9. The van der Waals surface area contributed by atoms with Gasteiger partial charge in [0.25, 0.3) is 0 Å². The summed E-state index contributed by atoms with van der Waals surface area (Å²) in [6.45, 7) is 2.98.